The number of hydrogen-bond donors (Lipinski definition) is 3. The molecule has 0 saturated heterocycles. The summed E-state index contributed by atoms with van der Waals surface area (Å²) >= 11 is 5.18. The molecule has 0 fully saturated rings. The minimum Gasteiger partial charge on any atom is -0.359 e. The van der Waals surface area contributed by atoms with Crippen molar-refractivity contribution in [2.45, 2.75) is 6.42 Å². The van der Waals surface area contributed by atoms with Crippen molar-refractivity contribution in [3.05, 3.63) is 0 Å². The van der Waals surface area contributed by atoms with Crippen molar-refractivity contribution < 1.29 is 14.6 Å². The minimum atomic E-state index is -3.16. The summed E-state index contributed by atoms with van der Waals surface area (Å²) in [7, 11) is 1.53. The molecule has 0 heterocycles. The van der Waals surface area contributed by atoms with Crippen LogP contribution in [0.25, 0.3) is 0 Å². The molecule has 66 valence electrons. The summed E-state index contributed by atoms with van der Waals surface area (Å²) in [5, 5.41) is 2.41. The maximum Gasteiger partial charge on any atom is 0.242 e. The molecule has 0 aliphatic rings. The maximum absolute atomic E-state index is 10.6. The van der Waals surface area contributed by atoms with Crippen molar-refractivity contribution >= 4 is 34.8 Å². The molecule has 0 bridgehead atoms. The Morgan fingerprint density at radius 2 is 2.27 bits per heavy atom. The summed E-state index contributed by atoms with van der Waals surface area (Å²) in [6, 6.07) is 0. The largest absolute Gasteiger partial charge is 0.359 e. The molecule has 0 aliphatic carbocycles. The maximum atomic E-state index is 10.6. The highest BCUT2D eigenvalue weighted by Gasteiger charge is 2.08. The van der Waals surface area contributed by atoms with Crippen LogP contribution in [0.2, 0.25) is 0 Å². The van der Waals surface area contributed by atoms with Crippen molar-refractivity contribution in [1.29, 1.82) is 0 Å². The lowest BCUT2D eigenvalue weighted by Crippen LogP contribution is -2.17. The van der Waals surface area contributed by atoms with Gasteiger partial charge in [0.2, 0.25) is 11.6 Å². The number of rotatable bonds is 4. The summed E-state index contributed by atoms with van der Waals surface area (Å²) < 4.78 is 0. The smallest absolute Gasteiger partial charge is 0.242 e. The summed E-state index contributed by atoms with van der Waals surface area (Å²) in [5.41, 5.74) is -3.16. The molecule has 3 N–H and O–H groups in total. The molecule has 0 aromatic heterocycles. The Balaban J connectivity index is 3.43. The van der Waals surface area contributed by atoms with Crippen LogP contribution in [0.4, 0.5) is 0 Å². The van der Waals surface area contributed by atoms with E-state index < -0.39 is 5.69 Å². The molecule has 0 unspecified atom stereocenters. The molecule has 0 spiro atoms. The highest BCUT2D eigenvalue weighted by atomic mass is 32.9. The number of amides is 1. The SMILES string of the molecule is CNC(=O)CCSP(O)(O)=S. The normalized spacial score (nSPS) is 11.2. The predicted molar refractivity (Wildman–Crippen MR) is 49.9 cm³/mol. The molecule has 11 heavy (non-hydrogen) atoms. The van der Waals surface area contributed by atoms with E-state index in [0.29, 0.717) is 5.75 Å². The Morgan fingerprint density at radius 1 is 1.73 bits per heavy atom. The van der Waals surface area contributed by atoms with Gasteiger partial charge in [-0.2, -0.15) is 0 Å². The van der Waals surface area contributed by atoms with E-state index in [-0.39, 0.29) is 12.3 Å². The van der Waals surface area contributed by atoms with Crippen LogP contribution >= 0.6 is 17.1 Å². The van der Waals surface area contributed by atoms with Crippen LogP contribution in [0, 0.1) is 0 Å². The van der Waals surface area contributed by atoms with Crippen LogP contribution in [-0.2, 0) is 16.6 Å². The third-order valence-corrected chi connectivity index (χ3v) is 4.10. The van der Waals surface area contributed by atoms with Crippen LogP contribution in [0.1, 0.15) is 6.42 Å². The zero-order valence-electron chi connectivity index (χ0n) is 5.98. The molecule has 0 aliphatic heterocycles. The highest BCUT2D eigenvalue weighted by Crippen LogP contribution is 2.50. The first-order chi connectivity index (χ1) is 4.95. The standard InChI is InChI=1S/C4H10NO3PS2/c1-5-4(6)2-3-11-9(7,8)10/h2-3H2,1H3,(H,5,6)(H2,7,8,10). The third kappa shape index (κ3) is 8.29. The zero-order valence-corrected chi connectivity index (χ0v) is 8.51. The topological polar surface area (TPSA) is 69.6 Å². The number of hydrogen-bond acceptors (Lipinski definition) is 3. The van der Waals surface area contributed by atoms with Gasteiger partial charge in [-0.1, -0.05) is 11.4 Å². The molecule has 1 amide bonds. The van der Waals surface area contributed by atoms with Gasteiger partial charge in [0, 0.05) is 19.2 Å². The van der Waals surface area contributed by atoms with Crippen molar-refractivity contribution in [3.63, 3.8) is 0 Å². The lowest BCUT2D eigenvalue weighted by atomic mass is 10.5. The van der Waals surface area contributed by atoms with Crippen LogP contribution < -0.4 is 5.32 Å². The van der Waals surface area contributed by atoms with Gasteiger partial charge < -0.3 is 15.1 Å². The van der Waals surface area contributed by atoms with E-state index >= 15 is 0 Å². The minimum absolute atomic E-state index is 0.124. The molecule has 4 nitrogen and oxygen atoms in total. The van der Waals surface area contributed by atoms with Gasteiger partial charge >= 0.3 is 0 Å². The van der Waals surface area contributed by atoms with Gasteiger partial charge in [-0.05, 0) is 11.8 Å². The average Bonchev–Trinajstić information content (AvgIpc) is 1.85. The van der Waals surface area contributed by atoms with Gasteiger partial charge in [0.1, 0.15) is 0 Å². The van der Waals surface area contributed by atoms with E-state index in [2.05, 4.69) is 17.1 Å². The Morgan fingerprint density at radius 3 is 2.64 bits per heavy atom. The first-order valence-corrected chi connectivity index (χ1v) is 7.16. The van der Waals surface area contributed by atoms with Gasteiger partial charge in [-0.15, -0.1) is 0 Å². The molecule has 7 heteroatoms. The Labute approximate surface area is 74.3 Å². The predicted octanol–water partition coefficient (Wildman–Crippen LogP) is 0.0648. The van der Waals surface area contributed by atoms with Crippen LogP contribution in [0.15, 0.2) is 0 Å². The third-order valence-electron chi connectivity index (χ3n) is 0.867. The molecular formula is C4H10NO3PS2. The van der Waals surface area contributed by atoms with Gasteiger partial charge in [0.15, 0.2) is 0 Å². The van der Waals surface area contributed by atoms with Crippen molar-refractivity contribution in [2.75, 3.05) is 12.8 Å². The number of nitrogens with one attached hydrogen (secondary N) is 1. The van der Waals surface area contributed by atoms with Crippen molar-refractivity contribution in [3.8, 4) is 0 Å². The van der Waals surface area contributed by atoms with Gasteiger partial charge in [-0.3, -0.25) is 4.79 Å². The second-order valence-electron chi connectivity index (χ2n) is 1.75. The van der Waals surface area contributed by atoms with Crippen LogP contribution in [0.3, 0.4) is 0 Å². The van der Waals surface area contributed by atoms with Crippen molar-refractivity contribution in [1.82, 2.24) is 5.32 Å². The Hall–Kier alpha value is 0.390. The lowest BCUT2D eigenvalue weighted by molar-refractivity contribution is -0.120. The number of carbonyl (C=O) groups excluding carboxylic acids is 1. The van der Waals surface area contributed by atoms with E-state index in [1.807, 2.05) is 0 Å². The zero-order chi connectivity index (χ0) is 8.91. The van der Waals surface area contributed by atoms with Crippen molar-refractivity contribution in [2.24, 2.45) is 0 Å². The molecule has 0 atom stereocenters. The number of carbonyl (C=O) groups is 1. The fourth-order valence-corrected chi connectivity index (χ4v) is 2.55. The molecule has 0 aromatic carbocycles. The summed E-state index contributed by atoms with van der Waals surface area (Å²) in [6.45, 7) is 0. The molecule has 0 radical (unpaired) electrons. The quantitative estimate of drug-likeness (QED) is 0.579. The monoisotopic (exact) mass is 215 g/mol. The fraction of sp³-hybridized carbons (Fsp3) is 0.750. The fourth-order valence-electron chi connectivity index (χ4n) is 0.382. The first-order valence-electron chi connectivity index (χ1n) is 2.86. The molecule has 0 rings (SSSR count). The molecule has 0 saturated carbocycles. The summed E-state index contributed by atoms with van der Waals surface area (Å²) in [4.78, 5) is 28.0. The first kappa shape index (κ1) is 11.4. The van der Waals surface area contributed by atoms with Gasteiger partial charge in [0.05, 0.1) is 0 Å². The average molecular weight is 215 g/mol. The highest BCUT2D eigenvalue weighted by molar-refractivity contribution is 8.67. The second-order valence-corrected chi connectivity index (χ2v) is 7.92. The lowest BCUT2D eigenvalue weighted by Gasteiger charge is -2.04. The van der Waals surface area contributed by atoms with Gasteiger partial charge in [0.25, 0.3) is 0 Å². The Kier molecular flexibility index (Phi) is 5.29. The summed E-state index contributed by atoms with van der Waals surface area (Å²) in [5.74, 6) is 0.227. The van der Waals surface area contributed by atoms with E-state index in [4.69, 9.17) is 9.79 Å². The van der Waals surface area contributed by atoms with Crippen LogP contribution in [-0.4, -0.2) is 28.5 Å². The Bertz CT molecular complexity index is 180. The van der Waals surface area contributed by atoms with E-state index in [0.717, 1.165) is 11.4 Å². The second kappa shape index (κ2) is 5.11. The molecular weight excluding hydrogens is 205 g/mol. The van der Waals surface area contributed by atoms with Crippen LogP contribution in [0.5, 0.6) is 0 Å². The van der Waals surface area contributed by atoms with Gasteiger partial charge in [-0.25, -0.2) is 0 Å². The molecule has 0 aromatic rings. The van der Waals surface area contributed by atoms with E-state index in [1.54, 1.807) is 0 Å². The van der Waals surface area contributed by atoms with E-state index in [9.17, 15) is 4.79 Å². The summed E-state index contributed by atoms with van der Waals surface area (Å²) in [6.07, 6.45) is 0.265. The van der Waals surface area contributed by atoms with E-state index in [1.165, 1.54) is 7.05 Å².